The van der Waals surface area contributed by atoms with E-state index < -0.39 is 0 Å². The van der Waals surface area contributed by atoms with Gasteiger partial charge in [0.2, 0.25) is 0 Å². The van der Waals surface area contributed by atoms with Gasteiger partial charge in [-0.25, -0.2) is 12.1 Å². The molecule has 4 rings (SSSR count). The van der Waals surface area contributed by atoms with Crippen LogP contribution in [0.4, 0.5) is 0 Å². The Kier molecular flexibility index (Phi) is 15.8. The molecule has 1 aliphatic carbocycles. The topological polar surface area (TPSA) is 0 Å². The fourth-order valence-corrected chi connectivity index (χ4v) is 2.32. The standard InChI is InChI=1S/C13H9.C5H5.C2H7Si.2ClH.Zr/c1-3-7-12-10(5-1)9-11-6-2-4-8-13(11)12;1-2-4-5-3-1;1-3-2;;;/h1-5,7-8H,9H2;1-5H;3H,1-2H3;2*1H;/q2*-1;;;;+4/p-2. The Bertz CT molecular complexity index is 594. The zero-order chi connectivity index (χ0) is 14.9. The first-order chi connectivity index (χ1) is 10.4. The van der Waals surface area contributed by atoms with Gasteiger partial charge in [-0.1, -0.05) is 48.5 Å². The van der Waals surface area contributed by atoms with Gasteiger partial charge in [-0.05, 0) is 6.42 Å². The molecule has 0 N–H and O–H groups in total. The SMILES string of the molecule is C[SiH]C.[Cl-].[Cl-].[Zr+4].[c-]1cccc2c1Cc1ccccc1-2.c1cc[cH-]c1. The molecule has 123 valence electrons. The zero-order valence-corrected chi connectivity index (χ0v) is 19.1. The fraction of sp³-hybridized carbons (Fsp3) is 0.150. The second kappa shape index (κ2) is 14.8. The molecule has 0 fully saturated rings. The third-order valence-electron chi connectivity index (χ3n) is 3.17. The molecule has 0 saturated heterocycles. The number of fused-ring (bicyclic) bond motifs is 3. The van der Waals surface area contributed by atoms with Gasteiger partial charge in [-0.2, -0.15) is 48.0 Å². The van der Waals surface area contributed by atoms with Crippen molar-refractivity contribution in [1.82, 2.24) is 0 Å². The zero-order valence-electron chi connectivity index (χ0n) is 14.0. The molecule has 0 saturated carbocycles. The van der Waals surface area contributed by atoms with E-state index in [4.69, 9.17) is 0 Å². The van der Waals surface area contributed by atoms with Gasteiger partial charge in [0.25, 0.3) is 0 Å². The smallest absolute Gasteiger partial charge is 1.00 e. The number of benzene rings is 2. The molecule has 0 spiro atoms. The largest absolute Gasteiger partial charge is 4.00 e. The Hall–Kier alpha value is -0.530. The van der Waals surface area contributed by atoms with Gasteiger partial charge < -0.3 is 24.8 Å². The Morgan fingerprint density at radius 2 is 1.46 bits per heavy atom. The molecule has 3 aromatic carbocycles. The maximum Gasteiger partial charge on any atom is 4.00 e. The molecule has 0 bridgehead atoms. The van der Waals surface area contributed by atoms with Crippen LogP contribution in [-0.2, 0) is 32.6 Å². The summed E-state index contributed by atoms with van der Waals surface area (Å²) >= 11 is 0. The minimum Gasteiger partial charge on any atom is -1.00 e. The predicted octanol–water partition coefficient (Wildman–Crippen LogP) is -1.01. The molecule has 0 atom stereocenters. The summed E-state index contributed by atoms with van der Waals surface area (Å²) in [5.74, 6) is 0. The number of rotatable bonds is 0. The second-order valence-corrected chi connectivity index (χ2v) is 6.09. The Balaban J connectivity index is 0. The van der Waals surface area contributed by atoms with E-state index in [0.717, 1.165) is 15.9 Å². The molecule has 0 aliphatic heterocycles. The van der Waals surface area contributed by atoms with Crippen LogP contribution < -0.4 is 24.8 Å². The molecule has 0 aromatic heterocycles. The van der Waals surface area contributed by atoms with Crippen molar-refractivity contribution in [3.05, 3.63) is 90.0 Å². The van der Waals surface area contributed by atoms with Crippen LogP contribution >= 0.6 is 0 Å². The summed E-state index contributed by atoms with van der Waals surface area (Å²) in [6, 6.07) is 28.1. The summed E-state index contributed by atoms with van der Waals surface area (Å²) in [5, 5.41) is 0. The van der Waals surface area contributed by atoms with Crippen LogP contribution in [0.25, 0.3) is 11.1 Å². The van der Waals surface area contributed by atoms with Gasteiger partial charge in [0.15, 0.2) is 0 Å². The van der Waals surface area contributed by atoms with Crippen molar-refractivity contribution in [2.75, 3.05) is 0 Å². The quantitative estimate of drug-likeness (QED) is 0.237. The van der Waals surface area contributed by atoms with Crippen LogP contribution in [0.3, 0.4) is 0 Å². The summed E-state index contributed by atoms with van der Waals surface area (Å²) in [6.45, 7) is 4.42. The van der Waals surface area contributed by atoms with E-state index in [1.807, 2.05) is 36.4 Å². The normalized spacial score (nSPS) is 9.08. The Morgan fingerprint density at radius 1 is 0.875 bits per heavy atom. The summed E-state index contributed by atoms with van der Waals surface area (Å²) in [5.41, 5.74) is 5.51. The van der Waals surface area contributed by atoms with Crippen LogP contribution in [0.5, 0.6) is 0 Å². The maximum atomic E-state index is 3.30. The van der Waals surface area contributed by atoms with E-state index in [0.29, 0.717) is 0 Å². The molecule has 0 heterocycles. The van der Waals surface area contributed by atoms with E-state index in [1.165, 1.54) is 22.3 Å². The average Bonchev–Trinajstić information content (AvgIpc) is 3.19. The van der Waals surface area contributed by atoms with E-state index >= 15 is 0 Å². The summed E-state index contributed by atoms with van der Waals surface area (Å²) in [4.78, 5) is 0. The summed E-state index contributed by atoms with van der Waals surface area (Å²) < 4.78 is 0. The fourth-order valence-electron chi connectivity index (χ4n) is 2.32. The van der Waals surface area contributed by atoms with Crippen LogP contribution in [0.15, 0.2) is 72.8 Å². The van der Waals surface area contributed by atoms with E-state index in [1.54, 1.807) is 0 Å². The van der Waals surface area contributed by atoms with E-state index in [2.05, 4.69) is 55.6 Å². The summed E-state index contributed by atoms with van der Waals surface area (Å²) in [6.07, 6.45) is 1.05. The number of hydrogen-bond donors (Lipinski definition) is 0. The molecular weight excluding hydrogens is 430 g/mol. The van der Waals surface area contributed by atoms with Crippen LogP contribution in [-0.4, -0.2) is 9.52 Å². The van der Waals surface area contributed by atoms with Crippen molar-refractivity contribution in [3.8, 4) is 11.1 Å². The Morgan fingerprint density at radius 3 is 2.04 bits per heavy atom. The molecule has 3 aromatic rings. The second-order valence-electron chi connectivity index (χ2n) is 4.94. The number of halogens is 2. The molecule has 1 aliphatic rings. The molecular formula is C20H21Cl2SiZr. The van der Waals surface area contributed by atoms with Crippen molar-refractivity contribution >= 4 is 9.52 Å². The minimum atomic E-state index is 0. The molecule has 0 nitrogen and oxygen atoms in total. The molecule has 0 unspecified atom stereocenters. The monoisotopic (exact) mass is 449 g/mol. The van der Waals surface area contributed by atoms with Crippen LogP contribution in [0.1, 0.15) is 11.1 Å². The van der Waals surface area contributed by atoms with Crippen LogP contribution in [0.2, 0.25) is 13.1 Å². The van der Waals surface area contributed by atoms with Gasteiger partial charge in [0.1, 0.15) is 0 Å². The van der Waals surface area contributed by atoms with Crippen LogP contribution in [0, 0.1) is 6.07 Å². The minimum absolute atomic E-state index is 0. The van der Waals surface area contributed by atoms with Gasteiger partial charge in [0.05, 0.1) is 0 Å². The van der Waals surface area contributed by atoms with Gasteiger partial charge in [-0.3, -0.25) is 0 Å². The van der Waals surface area contributed by atoms with Crippen molar-refractivity contribution in [2.24, 2.45) is 0 Å². The van der Waals surface area contributed by atoms with Crippen molar-refractivity contribution < 1.29 is 51.0 Å². The molecule has 24 heavy (non-hydrogen) atoms. The third kappa shape index (κ3) is 7.57. The van der Waals surface area contributed by atoms with Crippen molar-refractivity contribution in [2.45, 2.75) is 19.5 Å². The molecule has 4 heteroatoms. The van der Waals surface area contributed by atoms with Crippen molar-refractivity contribution in [1.29, 1.82) is 0 Å². The van der Waals surface area contributed by atoms with Crippen molar-refractivity contribution in [3.63, 3.8) is 0 Å². The van der Waals surface area contributed by atoms with E-state index in [9.17, 15) is 0 Å². The predicted molar refractivity (Wildman–Crippen MR) is 94.4 cm³/mol. The Labute approximate surface area is 180 Å². The first-order valence-electron chi connectivity index (χ1n) is 7.35. The van der Waals surface area contributed by atoms with Gasteiger partial charge in [-0.15, -0.1) is 5.56 Å². The molecule has 0 amide bonds. The van der Waals surface area contributed by atoms with E-state index in [-0.39, 0.29) is 51.0 Å². The maximum absolute atomic E-state index is 3.30. The molecule has 1 radical (unpaired) electrons. The first-order valence-corrected chi connectivity index (χ1v) is 9.66. The van der Waals surface area contributed by atoms with Gasteiger partial charge >= 0.3 is 26.2 Å². The van der Waals surface area contributed by atoms with Gasteiger partial charge in [0, 0.05) is 9.52 Å². The third-order valence-corrected chi connectivity index (χ3v) is 3.17. The first kappa shape index (κ1) is 25.7. The summed E-state index contributed by atoms with van der Waals surface area (Å²) in [7, 11) is 0.750. The average molecular weight is 452 g/mol. The number of hydrogen-bond acceptors (Lipinski definition) is 0.